The molecule has 0 rings (SSSR count). The molecule has 0 radical (unpaired) electrons. The van der Waals surface area contributed by atoms with Crippen LogP contribution in [-0.2, 0) is 28.6 Å². The van der Waals surface area contributed by atoms with Crippen LogP contribution in [0.2, 0.25) is 0 Å². The van der Waals surface area contributed by atoms with E-state index in [9.17, 15) is 14.4 Å². The zero-order chi connectivity index (χ0) is 44.4. The standard InChI is InChI=1S/C55H92O6/c1-4-7-10-13-16-19-22-25-27-30-33-36-39-42-45-48-54(57)60-51-52(50-59-53(56)47-44-41-38-35-32-29-24-21-18-15-12-9-6-3)61-55(58)49-46-43-40-37-34-31-28-26-23-20-17-14-11-8-5-2/h16-17,19-21,24-28,33-34,36-37,52H,4-15,18,22-23,29-32,35,38-51H2,1-3H3/b19-16-,20-17-,24-21-,27-25-,28-26-,36-33-,37-34-/t52-/m0/s1. The summed E-state index contributed by atoms with van der Waals surface area (Å²) in [6.07, 6.45) is 62.8. The maximum Gasteiger partial charge on any atom is 0.306 e. The maximum atomic E-state index is 12.8. The average Bonchev–Trinajstić information content (AvgIpc) is 3.26. The minimum Gasteiger partial charge on any atom is -0.462 e. The van der Waals surface area contributed by atoms with Crippen molar-refractivity contribution < 1.29 is 28.6 Å². The molecular weight excluding hydrogens is 757 g/mol. The Labute approximate surface area is 375 Å². The monoisotopic (exact) mass is 849 g/mol. The Bertz CT molecular complexity index is 1200. The van der Waals surface area contributed by atoms with Crippen LogP contribution in [-0.4, -0.2) is 37.2 Å². The largest absolute Gasteiger partial charge is 0.462 e. The van der Waals surface area contributed by atoms with Crippen molar-refractivity contribution in [2.75, 3.05) is 13.2 Å². The highest BCUT2D eigenvalue weighted by molar-refractivity contribution is 5.71. The number of hydrogen-bond acceptors (Lipinski definition) is 6. The maximum absolute atomic E-state index is 12.8. The summed E-state index contributed by atoms with van der Waals surface area (Å²) in [6, 6.07) is 0. The summed E-state index contributed by atoms with van der Waals surface area (Å²) in [5.41, 5.74) is 0. The normalized spacial score (nSPS) is 12.8. The first kappa shape index (κ1) is 57.6. The lowest BCUT2D eigenvalue weighted by molar-refractivity contribution is -0.167. The van der Waals surface area contributed by atoms with Crippen molar-refractivity contribution in [1.29, 1.82) is 0 Å². The van der Waals surface area contributed by atoms with E-state index in [1.54, 1.807) is 0 Å². The van der Waals surface area contributed by atoms with Crippen molar-refractivity contribution in [3.8, 4) is 0 Å². The van der Waals surface area contributed by atoms with Crippen LogP contribution in [0.25, 0.3) is 0 Å². The van der Waals surface area contributed by atoms with Gasteiger partial charge in [0.2, 0.25) is 0 Å². The molecule has 0 saturated carbocycles. The van der Waals surface area contributed by atoms with Crippen LogP contribution in [0.4, 0.5) is 0 Å². The quantitative estimate of drug-likeness (QED) is 0.0263. The van der Waals surface area contributed by atoms with Gasteiger partial charge in [-0.15, -0.1) is 0 Å². The molecule has 0 aliphatic carbocycles. The van der Waals surface area contributed by atoms with Crippen molar-refractivity contribution in [1.82, 2.24) is 0 Å². The van der Waals surface area contributed by atoms with Crippen molar-refractivity contribution in [3.63, 3.8) is 0 Å². The molecule has 0 unspecified atom stereocenters. The van der Waals surface area contributed by atoms with Crippen LogP contribution in [0.3, 0.4) is 0 Å². The van der Waals surface area contributed by atoms with Crippen molar-refractivity contribution in [2.45, 2.75) is 232 Å². The molecule has 0 saturated heterocycles. The number of allylic oxidation sites excluding steroid dienone is 14. The summed E-state index contributed by atoms with van der Waals surface area (Å²) in [5.74, 6) is -0.999. The molecule has 0 aliphatic rings. The minimum absolute atomic E-state index is 0.109. The van der Waals surface area contributed by atoms with Crippen molar-refractivity contribution in [3.05, 3.63) is 85.1 Å². The molecule has 0 aromatic rings. The molecule has 6 heteroatoms. The van der Waals surface area contributed by atoms with E-state index in [2.05, 4.69) is 106 Å². The van der Waals surface area contributed by atoms with Gasteiger partial charge in [0.15, 0.2) is 6.10 Å². The highest BCUT2D eigenvalue weighted by atomic mass is 16.6. The molecule has 6 nitrogen and oxygen atoms in total. The molecule has 0 aromatic carbocycles. The number of carbonyl (C=O) groups is 3. The number of rotatable bonds is 44. The molecular formula is C55H92O6. The van der Waals surface area contributed by atoms with E-state index >= 15 is 0 Å². The smallest absolute Gasteiger partial charge is 0.306 e. The molecule has 0 aliphatic heterocycles. The fourth-order valence-corrected chi connectivity index (χ4v) is 6.51. The van der Waals surface area contributed by atoms with Gasteiger partial charge in [-0.05, 0) is 122 Å². The second-order valence-corrected chi connectivity index (χ2v) is 16.4. The van der Waals surface area contributed by atoms with E-state index in [0.717, 1.165) is 89.9 Å². The van der Waals surface area contributed by atoms with E-state index in [1.807, 2.05) is 0 Å². The first-order chi connectivity index (χ1) is 30.0. The second kappa shape index (κ2) is 49.2. The third kappa shape index (κ3) is 47.5. The van der Waals surface area contributed by atoms with Crippen LogP contribution < -0.4 is 0 Å². The molecule has 348 valence electrons. The summed E-state index contributed by atoms with van der Waals surface area (Å²) in [7, 11) is 0. The summed E-state index contributed by atoms with van der Waals surface area (Å²) in [5, 5.41) is 0. The third-order valence-corrected chi connectivity index (χ3v) is 10.3. The van der Waals surface area contributed by atoms with E-state index in [4.69, 9.17) is 14.2 Å². The lowest BCUT2D eigenvalue weighted by Gasteiger charge is -2.18. The zero-order valence-electron chi connectivity index (χ0n) is 39.7. The highest BCUT2D eigenvalue weighted by Gasteiger charge is 2.19. The Balaban J connectivity index is 4.54. The van der Waals surface area contributed by atoms with E-state index < -0.39 is 6.10 Å². The van der Waals surface area contributed by atoms with Gasteiger partial charge in [-0.3, -0.25) is 14.4 Å². The van der Waals surface area contributed by atoms with Crippen LogP contribution in [0.15, 0.2) is 85.1 Å². The predicted molar refractivity (Wildman–Crippen MR) is 261 cm³/mol. The Hall–Kier alpha value is -3.41. The first-order valence-electron chi connectivity index (χ1n) is 25.1. The number of ether oxygens (including phenoxy) is 3. The van der Waals surface area contributed by atoms with Gasteiger partial charge < -0.3 is 14.2 Å². The van der Waals surface area contributed by atoms with Gasteiger partial charge in [-0.2, -0.15) is 0 Å². The Morgan fingerprint density at radius 2 is 0.590 bits per heavy atom. The number of esters is 3. The zero-order valence-corrected chi connectivity index (χ0v) is 39.7. The number of hydrogen-bond donors (Lipinski definition) is 0. The van der Waals surface area contributed by atoms with Crippen molar-refractivity contribution in [2.24, 2.45) is 0 Å². The van der Waals surface area contributed by atoms with Gasteiger partial charge in [0.05, 0.1) is 0 Å². The minimum atomic E-state index is -0.814. The molecule has 61 heavy (non-hydrogen) atoms. The average molecular weight is 849 g/mol. The molecule has 0 heterocycles. The van der Waals surface area contributed by atoms with Gasteiger partial charge >= 0.3 is 17.9 Å². The number of unbranched alkanes of at least 4 members (excludes halogenated alkanes) is 19. The van der Waals surface area contributed by atoms with Crippen LogP contribution in [0.5, 0.6) is 0 Å². The Kier molecular flexibility index (Phi) is 46.5. The van der Waals surface area contributed by atoms with E-state index in [0.29, 0.717) is 19.3 Å². The summed E-state index contributed by atoms with van der Waals surface area (Å²) in [6.45, 7) is 6.48. The van der Waals surface area contributed by atoms with E-state index in [-0.39, 0.29) is 37.5 Å². The van der Waals surface area contributed by atoms with Crippen LogP contribution in [0.1, 0.15) is 226 Å². The lowest BCUT2D eigenvalue weighted by Crippen LogP contribution is -2.30. The van der Waals surface area contributed by atoms with Crippen molar-refractivity contribution >= 4 is 17.9 Å². The van der Waals surface area contributed by atoms with Gasteiger partial charge in [-0.25, -0.2) is 0 Å². The highest BCUT2D eigenvalue weighted by Crippen LogP contribution is 2.12. The SMILES string of the molecule is CCCCC/C=C\C/C=C\C/C=C\CCCCC(=O)OC[C@H](COC(=O)CCCCCCC/C=C\CCCCCC)OC(=O)CCCC/C=C\C/C=C\C/C=C\CCCCC. The summed E-state index contributed by atoms with van der Waals surface area (Å²) < 4.78 is 16.7. The van der Waals surface area contributed by atoms with Gasteiger partial charge in [0.25, 0.3) is 0 Å². The predicted octanol–water partition coefficient (Wildman–Crippen LogP) is 16.4. The molecule has 0 spiro atoms. The topological polar surface area (TPSA) is 78.9 Å². The second-order valence-electron chi connectivity index (χ2n) is 16.4. The van der Waals surface area contributed by atoms with Crippen LogP contribution in [0, 0.1) is 0 Å². The fraction of sp³-hybridized carbons (Fsp3) is 0.691. The fourth-order valence-electron chi connectivity index (χ4n) is 6.51. The third-order valence-electron chi connectivity index (χ3n) is 10.3. The summed E-state index contributed by atoms with van der Waals surface area (Å²) >= 11 is 0. The molecule has 0 aromatic heterocycles. The molecule has 0 amide bonds. The molecule has 0 N–H and O–H groups in total. The van der Waals surface area contributed by atoms with Gasteiger partial charge in [0, 0.05) is 19.3 Å². The first-order valence-corrected chi connectivity index (χ1v) is 25.1. The molecule has 1 atom stereocenters. The summed E-state index contributed by atoms with van der Waals surface area (Å²) in [4.78, 5) is 37.9. The lowest BCUT2D eigenvalue weighted by atomic mass is 10.1. The Morgan fingerprint density at radius 1 is 0.328 bits per heavy atom. The number of carbonyl (C=O) groups excluding carboxylic acids is 3. The Morgan fingerprint density at radius 3 is 1.00 bits per heavy atom. The molecule has 0 bridgehead atoms. The van der Waals surface area contributed by atoms with Gasteiger partial charge in [-0.1, -0.05) is 170 Å². The molecule has 0 fully saturated rings. The van der Waals surface area contributed by atoms with Gasteiger partial charge in [0.1, 0.15) is 13.2 Å². The van der Waals surface area contributed by atoms with E-state index in [1.165, 1.54) is 89.9 Å². The van der Waals surface area contributed by atoms with Crippen LogP contribution >= 0.6 is 0 Å².